The van der Waals surface area contributed by atoms with Crippen LogP contribution in [-0.2, 0) is 4.79 Å². The number of rotatable bonds is 8. The second-order valence-corrected chi connectivity index (χ2v) is 6.80. The number of halogens is 3. The number of carbonyl (C=O) groups excluding carboxylic acids is 1. The van der Waals surface area contributed by atoms with E-state index in [4.69, 9.17) is 23.2 Å². The van der Waals surface area contributed by atoms with Gasteiger partial charge in [-0.15, -0.1) is 24.0 Å². The molecule has 1 saturated carbocycles. The van der Waals surface area contributed by atoms with Crippen molar-refractivity contribution in [3.63, 3.8) is 0 Å². The van der Waals surface area contributed by atoms with Gasteiger partial charge in [-0.3, -0.25) is 9.79 Å². The van der Waals surface area contributed by atoms with Gasteiger partial charge in [-0.05, 0) is 43.5 Å². The van der Waals surface area contributed by atoms with Crippen molar-refractivity contribution in [2.24, 2.45) is 10.9 Å². The van der Waals surface area contributed by atoms with Crippen LogP contribution >= 0.6 is 47.2 Å². The zero-order chi connectivity index (χ0) is 18.2. The minimum absolute atomic E-state index is 0. The van der Waals surface area contributed by atoms with E-state index in [9.17, 15) is 9.90 Å². The second-order valence-electron chi connectivity index (χ2n) is 5.93. The van der Waals surface area contributed by atoms with Gasteiger partial charge in [0, 0.05) is 35.6 Å². The van der Waals surface area contributed by atoms with Gasteiger partial charge in [0.05, 0.1) is 12.6 Å². The first-order chi connectivity index (χ1) is 12.0. The van der Waals surface area contributed by atoms with Gasteiger partial charge in [-0.1, -0.05) is 23.2 Å². The highest BCUT2D eigenvalue weighted by Crippen LogP contribution is 2.28. The van der Waals surface area contributed by atoms with E-state index in [1.54, 1.807) is 18.2 Å². The van der Waals surface area contributed by atoms with Crippen LogP contribution in [0.2, 0.25) is 10.0 Å². The third-order valence-electron chi connectivity index (χ3n) is 3.70. The number of hydrogen-bond acceptors (Lipinski definition) is 3. The molecule has 1 atom stereocenters. The first-order valence-electron chi connectivity index (χ1n) is 8.43. The van der Waals surface area contributed by atoms with Gasteiger partial charge in [-0.2, -0.15) is 0 Å². The van der Waals surface area contributed by atoms with Crippen LogP contribution in [0.25, 0.3) is 0 Å². The molecule has 4 N–H and O–H groups in total. The highest BCUT2D eigenvalue weighted by Gasteiger charge is 2.28. The summed E-state index contributed by atoms with van der Waals surface area (Å²) in [5.74, 6) is 0.911. The Bertz CT molecular complexity index is 607. The molecule has 1 fully saturated rings. The number of nitrogens with one attached hydrogen (secondary N) is 3. The third kappa shape index (κ3) is 8.28. The Morgan fingerprint density at radius 3 is 2.38 bits per heavy atom. The van der Waals surface area contributed by atoms with Crippen molar-refractivity contribution in [3.05, 3.63) is 33.8 Å². The quantitative estimate of drug-likeness (QED) is 0.186. The zero-order valence-electron chi connectivity index (χ0n) is 14.6. The van der Waals surface area contributed by atoms with Gasteiger partial charge in [-0.25, -0.2) is 0 Å². The van der Waals surface area contributed by atoms with Crippen LogP contribution in [0, 0.1) is 5.92 Å². The Balaban J connectivity index is 0.00000338. The molecule has 0 aromatic heterocycles. The SMILES string of the molecule is CCNC(=NCC(O)c1cc(Cl)cc(Cl)c1)NCCNC(=O)C1CC1.I. The molecule has 0 aliphatic heterocycles. The molecule has 1 unspecified atom stereocenters. The standard InChI is InChI=1S/C17H24Cl2N4O2.HI/c1-2-20-17(22-6-5-21-16(25)11-3-4-11)23-10-15(24)12-7-13(18)9-14(19)8-12;/h7-9,11,15,24H,2-6,10H2,1H3,(H,21,25)(H2,20,22,23);1H. The van der Waals surface area contributed by atoms with Crippen molar-refractivity contribution >= 4 is 59.0 Å². The fourth-order valence-electron chi connectivity index (χ4n) is 2.25. The van der Waals surface area contributed by atoms with Crippen LogP contribution in [-0.4, -0.2) is 43.2 Å². The summed E-state index contributed by atoms with van der Waals surface area (Å²) in [7, 11) is 0. The Morgan fingerprint density at radius 1 is 1.19 bits per heavy atom. The molecule has 9 heteroatoms. The smallest absolute Gasteiger partial charge is 0.223 e. The predicted molar refractivity (Wildman–Crippen MR) is 117 cm³/mol. The summed E-state index contributed by atoms with van der Waals surface area (Å²) in [6, 6.07) is 4.95. The van der Waals surface area contributed by atoms with Crippen LogP contribution < -0.4 is 16.0 Å². The molecular weight excluding hydrogens is 490 g/mol. The van der Waals surface area contributed by atoms with Crippen molar-refractivity contribution in [3.8, 4) is 0 Å². The normalized spacial score (nSPS) is 15.0. The average Bonchev–Trinajstić information content (AvgIpc) is 3.40. The van der Waals surface area contributed by atoms with Gasteiger partial charge in [0.1, 0.15) is 0 Å². The molecule has 0 spiro atoms. The summed E-state index contributed by atoms with van der Waals surface area (Å²) in [6.07, 6.45) is 1.19. The number of aliphatic imine (C=N–C) groups is 1. The topological polar surface area (TPSA) is 85.8 Å². The van der Waals surface area contributed by atoms with Gasteiger partial charge < -0.3 is 21.1 Å². The largest absolute Gasteiger partial charge is 0.386 e. The van der Waals surface area contributed by atoms with Crippen LogP contribution in [0.3, 0.4) is 0 Å². The van der Waals surface area contributed by atoms with Gasteiger partial charge >= 0.3 is 0 Å². The molecule has 0 heterocycles. The lowest BCUT2D eigenvalue weighted by atomic mass is 10.1. The summed E-state index contributed by atoms with van der Waals surface area (Å²) in [4.78, 5) is 15.9. The van der Waals surface area contributed by atoms with Crippen molar-refractivity contribution in [1.29, 1.82) is 0 Å². The molecule has 0 radical (unpaired) electrons. The number of guanidine groups is 1. The zero-order valence-corrected chi connectivity index (χ0v) is 18.4. The van der Waals surface area contributed by atoms with Gasteiger partial charge in [0.2, 0.25) is 5.91 Å². The summed E-state index contributed by atoms with van der Waals surface area (Å²) < 4.78 is 0. The fourth-order valence-corrected chi connectivity index (χ4v) is 2.79. The van der Waals surface area contributed by atoms with E-state index < -0.39 is 6.10 Å². The molecule has 0 bridgehead atoms. The van der Waals surface area contributed by atoms with Crippen LogP contribution in [0.4, 0.5) is 0 Å². The molecule has 6 nitrogen and oxygen atoms in total. The minimum atomic E-state index is -0.804. The maximum absolute atomic E-state index is 11.6. The van der Waals surface area contributed by atoms with E-state index in [-0.39, 0.29) is 42.3 Å². The highest BCUT2D eigenvalue weighted by atomic mass is 127. The lowest BCUT2D eigenvalue weighted by molar-refractivity contribution is -0.122. The molecule has 26 heavy (non-hydrogen) atoms. The number of nitrogens with zero attached hydrogens (tertiary/aromatic N) is 1. The molecule has 0 saturated heterocycles. The summed E-state index contributed by atoms with van der Waals surface area (Å²) in [6.45, 7) is 3.91. The third-order valence-corrected chi connectivity index (χ3v) is 4.14. The van der Waals surface area contributed by atoms with E-state index >= 15 is 0 Å². The number of carbonyl (C=O) groups is 1. The van der Waals surface area contributed by atoms with Crippen LogP contribution in [0.5, 0.6) is 0 Å². The highest BCUT2D eigenvalue weighted by molar-refractivity contribution is 14.0. The number of aliphatic hydroxyl groups excluding tert-OH is 1. The summed E-state index contributed by atoms with van der Waals surface area (Å²) in [5, 5.41) is 20.3. The fraction of sp³-hybridized carbons (Fsp3) is 0.529. The molecule has 146 valence electrons. The predicted octanol–water partition coefficient (Wildman–Crippen LogP) is 2.73. The number of hydrogen-bond donors (Lipinski definition) is 4. The number of benzene rings is 1. The van der Waals surface area contributed by atoms with Gasteiger partial charge in [0.25, 0.3) is 0 Å². The molecule has 1 aromatic carbocycles. The Hall–Kier alpha value is -0.770. The maximum Gasteiger partial charge on any atom is 0.223 e. The first-order valence-corrected chi connectivity index (χ1v) is 9.19. The van der Waals surface area contributed by atoms with E-state index in [2.05, 4.69) is 20.9 Å². The maximum atomic E-state index is 11.6. The lowest BCUT2D eigenvalue weighted by Crippen LogP contribution is -2.42. The molecule has 1 aromatic rings. The number of amides is 1. The van der Waals surface area contributed by atoms with Gasteiger partial charge in [0.15, 0.2) is 5.96 Å². The monoisotopic (exact) mass is 514 g/mol. The molecule has 2 rings (SSSR count). The Labute approximate surface area is 181 Å². The van der Waals surface area contributed by atoms with E-state index in [1.165, 1.54) is 0 Å². The van der Waals surface area contributed by atoms with E-state index in [0.29, 0.717) is 41.2 Å². The van der Waals surface area contributed by atoms with Crippen LogP contribution in [0.1, 0.15) is 31.4 Å². The van der Waals surface area contributed by atoms with Crippen molar-refractivity contribution in [1.82, 2.24) is 16.0 Å². The molecule has 1 aliphatic rings. The van der Waals surface area contributed by atoms with Crippen molar-refractivity contribution < 1.29 is 9.90 Å². The summed E-state index contributed by atoms with van der Waals surface area (Å²) >= 11 is 11.9. The molecular formula is C17H25Cl2IN4O2. The van der Waals surface area contributed by atoms with Crippen LogP contribution in [0.15, 0.2) is 23.2 Å². The minimum Gasteiger partial charge on any atom is -0.386 e. The Morgan fingerprint density at radius 2 is 1.81 bits per heavy atom. The summed E-state index contributed by atoms with van der Waals surface area (Å²) in [5.41, 5.74) is 0.619. The second kappa shape index (κ2) is 11.8. The van der Waals surface area contributed by atoms with E-state index in [1.807, 2.05) is 6.92 Å². The molecule has 1 amide bonds. The average molecular weight is 515 g/mol. The van der Waals surface area contributed by atoms with Crippen molar-refractivity contribution in [2.45, 2.75) is 25.9 Å². The van der Waals surface area contributed by atoms with E-state index in [0.717, 1.165) is 12.8 Å². The molecule has 1 aliphatic carbocycles. The van der Waals surface area contributed by atoms with Crippen molar-refractivity contribution in [2.75, 3.05) is 26.2 Å². The first kappa shape index (κ1) is 23.3. The Kier molecular flexibility index (Phi) is 10.6. The number of aliphatic hydroxyl groups is 1. The lowest BCUT2D eigenvalue weighted by Gasteiger charge is -2.14.